The quantitative estimate of drug-likeness (QED) is 0.575. The Hall–Kier alpha value is -2.94. The third kappa shape index (κ3) is 5.58. The van der Waals surface area contributed by atoms with E-state index in [-0.39, 0.29) is 23.8 Å². The fraction of sp³-hybridized carbons (Fsp3) is 0.655. The molecule has 5 rings (SSSR count). The molecule has 0 unspecified atom stereocenters. The molecule has 3 fully saturated rings. The number of amides is 2. The number of carbonyl (C=O) groups excluding carboxylic acids is 2. The number of nitrogens with zero attached hydrogens (tertiary/aromatic N) is 6. The number of likely N-dealkylation sites (tertiary alicyclic amines) is 1. The molecule has 0 radical (unpaired) electrons. The maximum absolute atomic E-state index is 13.3. The first-order valence-corrected chi connectivity index (χ1v) is 14.4. The fourth-order valence-corrected chi connectivity index (χ4v) is 6.61. The van der Waals surface area contributed by atoms with Gasteiger partial charge in [0.1, 0.15) is 5.82 Å². The number of aryl methyl sites for hydroxylation is 1. The van der Waals surface area contributed by atoms with E-state index in [0.29, 0.717) is 31.1 Å². The van der Waals surface area contributed by atoms with Crippen LogP contribution in [0.5, 0.6) is 0 Å². The molecule has 2 bridgehead atoms. The third-order valence-electron chi connectivity index (χ3n) is 8.74. The number of nitrogens with one attached hydrogen (secondary N) is 1. The number of fused-ring (bicyclic) bond motifs is 2. The van der Waals surface area contributed by atoms with Crippen LogP contribution >= 0.6 is 0 Å². The lowest BCUT2D eigenvalue weighted by molar-refractivity contribution is -0.134. The number of rotatable bonds is 8. The van der Waals surface area contributed by atoms with Crippen LogP contribution in [0.3, 0.4) is 0 Å². The second-order valence-electron chi connectivity index (χ2n) is 11.6. The average molecular weight is 522 g/mol. The Labute approximate surface area is 226 Å². The minimum absolute atomic E-state index is 0.0143. The summed E-state index contributed by atoms with van der Waals surface area (Å²) in [6.45, 7) is 12.3. The Morgan fingerprint density at radius 3 is 2.26 bits per heavy atom. The van der Waals surface area contributed by atoms with E-state index < -0.39 is 0 Å². The van der Waals surface area contributed by atoms with Gasteiger partial charge in [-0.1, -0.05) is 44.2 Å². The molecule has 1 N–H and O–H groups in total. The standard InChI is InChI=1S/C29H43N7O2/c1-20(2)28-32-31-21(3)36(28)34-18-25-10-11-26(19-34)35(25)17-14-27(23-8-6-5-7-9-23)30-29(38)24-12-15-33(16-13-24)22(4)37/h5-9,20,24-27H,10-19H2,1-4H3,(H,30,38)/t25-,26-,27+/m1/s1. The second-order valence-corrected chi connectivity index (χ2v) is 11.6. The van der Waals surface area contributed by atoms with Crippen molar-refractivity contribution in [2.75, 3.05) is 37.7 Å². The number of piperazine rings is 1. The van der Waals surface area contributed by atoms with Crippen LogP contribution in [0.25, 0.3) is 0 Å². The molecule has 0 spiro atoms. The Bertz CT molecular complexity index is 1100. The van der Waals surface area contributed by atoms with Gasteiger partial charge in [-0.2, -0.15) is 0 Å². The number of aromatic nitrogens is 3. The Morgan fingerprint density at radius 1 is 1.00 bits per heavy atom. The second kappa shape index (κ2) is 11.4. The number of carbonyl (C=O) groups is 2. The van der Waals surface area contributed by atoms with Gasteiger partial charge in [0.05, 0.1) is 19.1 Å². The maximum atomic E-state index is 13.3. The lowest BCUT2D eigenvalue weighted by atomic mass is 9.94. The maximum Gasteiger partial charge on any atom is 0.223 e. The van der Waals surface area contributed by atoms with Crippen molar-refractivity contribution in [3.63, 3.8) is 0 Å². The molecule has 3 aliphatic heterocycles. The van der Waals surface area contributed by atoms with E-state index in [1.165, 1.54) is 12.8 Å². The van der Waals surface area contributed by atoms with Crippen molar-refractivity contribution in [2.45, 2.75) is 83.8 Å². The summed E-state index contributed by atoms with van der Waals surface area (Å²) < 4.78 is 2.25. The van der Waals surface area contributed by atoms with E-state index in [4.69, 9.17) is 0 Å². The van der Waals surface area contributed by atoms with Gasteiger partial charge < -0.3 is 15.2 Å². The Kier molecular flexibility index (Phi) is 8.02. The molecule has 2 amide bonds. The minimum Gasteiger partial charge on any atom is -0.349 e. The van der Waals surface area contributed by atoms with Gasteiger partial charge >= 0.3 is 0 Å². The van der Waals surface area contributed by atoms with Crippen molar-refractivity contribution in [2.24, 2.45) is 5.92 Å². The smallest absolute Gasteiger partial charge is 0.223 e. The first-order chi connectivity index (χ1) is 18.3. The predicted octanol–water partition coefficient (Wildman–Crippen LogP) is 3.00. The molecule has 3 saturated heterocycles. The van der Waals surface area contributed by atoms with Gasteiger partial charge in [-0.05, 0) is 44.6 Å². The number of benzene rings is 1. The van der Waals surface area contributed by atoms with Crippen LogP contribution in [0.4, 0.5) is 0 Å². The van der Waals surface area contributed by atoms with Crippen molar-refractivity contribution in [1.29, 1.82) is 0 Å². The summed E-state index contributed by atoms with van der Waals surface area (Å²) in [5.41, 5.74) is 1.16. The summed E-state index contributed by atoms with van der Waals surface area (Å²) >= 11 is 0. The Morgan fingerprint density at radius 2 is 1.66 bits per heavy atom. The van der Waals surface area contributed by atoms with Gasteiger partial charge in [-0.25, -0.2) is 4.68 Å². The van der Waals surface area contributed by atoms with E-state index in [9.17, 15) is 9.59 Å². The SMILES string of the molecule is CC(=O)N1CCC(C(=O)N[C@@H](CCN2[C@@H]3CC[C@@H]2CN(n2c(C)nnc2C(C)C)C3)c2ccccc2)CC1. The molecule has 2 aromatic rings. The monoisotopic (exact) mass is 521 g/mol. The number of hydrogen-bond acceptors (Lipinski definition) is 6. The van der Waals surface area contributed by atoms with E-state index in [1.807, 2.05) is 17.9 Å². The molecule has 3 atom stereocenters. The molecule has 4 heterocycles. The van der Waals surface area contributed by atoms with Crippen molar-refractivity contribution < 1.29 is 9.59 Å². The zero-order valence-electron chi connectivity index (χ0n) is 23.3. The number of piperidine rings is 1. The van der Waals surface area contributed by atoms with Gasteiger partial charge in [-0.15, -0.1) is 10.2 Å². The molecule has 1 aromatic heterocycles. The summed E-state index contributed by atoms with van der Waals surface area (Å²) in [4.78, 5) is 29.5. The first kappa shape index (κ1) is 26.7. The third-order valence-corrected chi connectivity index (χ3v) is 8.74. The summed E-state index contributed by atoms with van der Waals surface area (Å²) in [6, 6.07) is 11.4. The van der Waals surface area contributed by atoms with Crippen LogP contribution in [-0.4, -0.2) is 81.3 Å². The van der Waals surface area contributed by atoms with Gasteiger partial charge in [0.25, 0.3) is 0 Å². The lowest BCUT2D eigenvalue weighted by Gasteiger charge is -2.43. The van der Waals surface area contributed by atoms with Crippen molar-refractivity contribution in [3.8, 4) is 0 Å². The molecule has 38 heavy (non-hydrogen) atoms. The zero-order chi connectivity index (χ0) is 26.8. The molecule has 9 nitrogen and oxygen atoms in total. The molecular formula is C29H43N7O2. The fourth-order valence-electron chi connectivity index (χ4n) is 6.61. The topological polar surface area (TPSA) is 86.6 Å². The van der Waals surface area contributed by atoms with Gasteiger partial charge in [0.2, 0.25) is 11.8 Å². The highest BCUT2D eigenvalue weighted by Crippen LogP contribution is 2.32. The van der Waals surface area contributed by atoms with Crippen LogP contribution in [0.15, 0.2) is 30.3 Å². The molecule has 1 aromatic carbocycles. The van der Waals surface area contributed by atoms with Crippen LogP contribution in [0, 0.1) is 12.8 Å². The summed E-state index contributed by atoms with van der Waals surface area (Å²) in [6.07, 6.45) is 4.77. The van der Waals surface area contributed by atoms with Gasteiger partial charge in [0.15, 0.2) is 5.82 Å². The highest BCUT2D eigenvalue weighted by Gasteiger charge is 2.41. The minimum atomic E-state index is -0.0290. The van der Waals surface area contributed by atoms with E-state index in [0.717, 1.165) is 56.1 Å². The molecule has 3 aliphatic rings. The summed E-state index contributed by atoms with van der Waals surface area (Å²) in [5, 5.41) is 14.7. The first-order valence-electron chi connectivity index (χ1n) is 14.4. The summed E-state index contributed by atoms with van der Waals surface area (Å²) in [7, 11) is 0. The van der Waals surface area contributed by atoms with Crippen LogP contribution < -0.4 is 10.3 Å². The van der Waals surface area contributed by atoms with E-state index in [1.54, 1.807) is 6.92 Å². The van der Waals surface area contributed by atoms with Gasteiger partial charge in [0, 0.05) is 50.5 Å². The summed E-state index contributed by atoms with van der Waals surface area (Å²) in [5.74, 6) is 2.52. The molecule has 0 saturated carbocycles. The van der Waals surface area contributed by atoms with E-state index in [2.05, 4.69) is 68.2 Å². The van der Waals surface area contributed by atoms with Crippen LogP contribution in [-0.2, 0) is 9.59 Å². The zero-order valence-corrected chi connectivity index (χ0v) is 23.3. The molecular weight excluding hydrogens is 478 g/mol. The van der Waals surface area contributed by atoms with Crippen molar-refractivity contribution in [3.05, 3.63) is 47.5 Å². The van der Waals surface area contributed by atoms with Crippen LogP contribution in [0.1, 0.15) is 82.0 Å². The largest absolute Gasteiger partial charge is 0.349 e. The number of hydrogen-bond donors (Lipinski definition) is 1. The predicted molar refractivity (Wildman–Crippen MR) is 147 cm³/mol. The normalized spacial score (nSPS) is 23.2. The molecule has 9 heteroatoms. The lowest BCUT2D eigenvalue weighted by Crippen LogP contribution is -2.58. The molecule has 206 valence electrons. The van der Waals surface area contributed by atoms with Gasteiger partial charge in [-0.3, -0.25) is 14.5 Å². The Balaban J connectivity index is 1.23. The highest BCUT2D eigenvalue weighted by atomic mass is 16.2. The highest BCUT2D eigenvalue weighted by molar-refractivity contribution is 5.80. The van der Waals surface area contributed by atoms with Crippen molar-refractivity contribution in [1.82, 2.24) is 30.0 Å². The van der Waals surface area contributed by atoms with Crippen LogP contribution in [0.2, 0.25) is 0 Å². The van der Waals surface area contributed by atoms with Crippen molar-refractivity contribution >= 4 is 11.8 Å². The van der Waals surface area contributed by atoms with E-state index >= 15 is 0 Å². The average Bonchev–Trinajstić information content (AvgIpc) is 3.42. The molecule has 0 aliphatic carbocycles.